The van der Waals surface area contributed by atoms with Crippen LogP contribution in [0.25, 0.3) is 10.9 Å². The highest BCUT2D eigenvalue weighted by Gasteiger charge is 2.27. The number of amides is 1. The molecule has 1 aromatic carbocycles. The van der Waals surface area contributed by atoms with Gasteiger partial charge in [0.25, 0.3) is 0 Å². The first-order valence-electron chi connectivity index (χ1n) is 7.40. The maximum Gasteiger partial charge on any atom is 0.237 e. The number of nitrogens with one attached hydrogen (secondary N) is 2. The number of carbonyl (C=O) groups is 1. The largest absolute Gasteiger partial charge is 0.393 e. The van der Waals surface area contributed by atoms with E-state index >= 15 is 0 Å². The molecule has 0 spiro atoms. The Bertz CT molecular complexity index is 631. The van der Waals surface area contributed by atoms with Crippen LogP contribution in [0.1, 0.15) is 18.4 Å². The molecule has 5 nitrogen and oxygen atoms in total. The second-order valence-corrected chi connectivity index (χ2v) is 5.91. The first-order valence-corrected chi connectivity index (χ1v) is 7.40. The fourth-order valence-corrected chi connectivity index (χ4v) is 2.87. The molecule has 0 radical (unpaired) electrons. The van der Waals surface area contributed by atoms with Gasteiger partial charge >= 0.3 is 0 Å². The fourth-order valence-electron chi connectivity index (χ4n) is 2.87. The Morgan fingerprint density at radius 3 is 2.95 bits per heavy atom. The molecule has 1 atom stereocenters. The molecule has 112 valence electrons. The van der Waals surface area contributed by atoms with Crippen LogP contribution in [0, 0.1) is 5.92 Å². The number of para-hydroxylation sites is 1. The molecule has 3 rings (SSSR count). The average Bonchev–Trinajstić information content (AvgIpc) is 2.85. The summed E-state index contributed by atoms with van der Waals surface area (Å²) in [7, 11) is 0. The molecule has 0 saturated heterocycles. The van der Waals surface area contributed by atoms with E-state index in [0.717, 1.165) is 29.3 Å². The van der Waals surface area contributed by atoms with Crippen LogP contribution < -0.4 is 11.1 Å². The standard InChI is InChI=1S/C16H21N3O2/c17-14(16(21)19-8-10-5-12(20)6-10)7-11-9-18-15-4-2-1-3-13(11)15/h1-4,9-10,12,14,18,20H,5-8,17H2,(H,19,21)/t10?,12?,14-/m0/s1. The number of rotatable bonds is 5. The van der Waals surface area contributed by atoms with Gasteiger partial charge in [0.2, 0.25) is 5.91 Å². The molecule has 1 saturated carbocycles. The lowest BCUT2D eigenvalue weighted by Gasteiger charge is -2.31. The minimum absolute atomic E-state index is 0.123. The highest BCUT2D eigenvalue weighted by Crippen LogP contribution is 2.26. The number of hydrogen-bond donors (Lipinski definition) is 4. The molecule has 0 aliphatic heterocycles. The van der Waals surface area contributed by atoms with Crippen molar-refractivity contribution in [2.75, 3.05) is 6.54 Å². The smallest absolute Gasteiger partial charge is 0.237 e. The van der Waals surface area contributed by atoms with Gasteiger partial charge in [-0.3, -0.25) is 4.79 Å². The quantitative estimate of drug-likeness (QED) is 0.659. The van der Waals surface area contributed by atoms with Gasteiger partial charge in [0.15, 0.2) is 0 Å². The third-order valence-corrected chi connectivity index (χ3v) is 4.23. The van der Waals surface area contributed by atoms with Crippen LogP contribution in [-0.2, 0) is 11.2 Å². The number of H-pyrrole nitrogens is 1. The van der Waals surface area contributed by atoms with Crippen LogP contribution in [-0.4, -0.2) is 34.7 Å². The molecular weight excluding hydrogens is 266 g/mol. The number of nitrogens with two attached hydrogens (primary N) is 1. The Morgan fingerprint density at radius 2 is 2.19 bits per heavy atom. The Labute approximate surface area is 123 Å². The maximum atomic E-state index is 12.0. The highest BCUT2D eigenvalue weighted by atomic mass is 16.3. The molecule has 21 heavy (non-hydrogen) atoms. The van der Waals surface area contributed by atoms with Crippen LogP contribution in [0.4, 0.5) is 0 Å². The summed E-state index contributed by atoms with van der Waals surface area (Å²) in [6, 6.07) is 7.44. The summed E-state index contributed by atoms with van der Waals surface area (Å²) in [5.41, 5.74) is 8.12. The number of benzene rings is 1. The highest BCUT2D eigenvalue weighted by molar-refractivity contribution is 5.86. The zero-order chi connectivity index (χ0) is 14.8. The number of aromatic nitrogens is 1. The van der Waals surface area contributed by atoms with E-state index in [-0.39, 0.29) is 12.0 Å². The van der Waals surface area contributed by atoms with E-state index in [2.05, 4.69) is 10.3 Å². The van der Waals surface area contributed by atoms with Crippen LogP contribution in [0.2, 0.25) is 0 Å². The Kier molecular flexibility index (Phi) is 3.94. The van der Waals surface area contributed by atoms with E-state index in [4.69, 9.17) is 5.73 Å². The van der Waals surface area contributed by atoms with E-state index in [1.165, 1.54) is 0 Å². The molecule has 5 heteroatoms. The van der Waals surface area contributed by atoms with Crippen molar-refractivity contribution in [1.82, 2.24) is 10.3 Å². The summed E-state index contributed by atoms with van der Waals surface area (Å²) >= 11 is 0. The summed E-state index contributed by atoms with van der Waals surface area (Å²) in [6.45, 7) is 0.609. The van der Waals surface area contributed by atoms with Gasteiger partial charge < -0.3 is 21.1 Å². The minimum Gasteiger partial charge on any atom is -0.393 e. The van der Waals surface area contributed by atoms with E-state index < -0.39 is 6.04 Å². The van der Waals surface area contributed by atoms with Gasteiger partial charge in [-0.25, -0.2) is 0 Å². The van der Waals surface area contributed by atoms with Gasteiger partial charge in [-0.2, -0.15) is 0 Å². The van der Waals surface area contributed by atoms with Crippen molar-refractivity contribution in [2.45, 2.75) is 31.4 Å². The Morgan fingerprint density at radius 1 is 1.43 bits per heavy atom. The van der Waals surface area contributed by atoms with Crippen LogP contribution in [0.5, 0.6) is 0 Å². The van der Waals surface area contributed by atoms with E-state index in [9.17, 15) is 9.90 Å². The Balaban J connectivity index is 1.55. The molecule has 1 amide bonds. The lowest BCUT2D eigenvalue weighted by molar-refractivity contribution is -0.122. The van der Waals surface area contributed by atoms with Gasteiger partial charge in [0.05, 0.1) is 12.1 Å². The summed E-state index contributed by atoms with van der Waals surface area (Å²) < 4.78 is 0. The molecule has 0 bridgehead atoms. The lowest BCUT2D eigenvalue weighted by atomic mass is 9.82. The normalized spacial score (nSPS) is 22.8. The average molecular weight is 287 g/mol. The van der Waals surface area contributed by atoms with Gasteiger partial charge in [0.1, 0.15) is 0 Å². The topological polar surface area (TPSA) is 91.1 Å². The molecule has 2 aromatic rings. The first-order chi connectivity index (χ1) is 10.1. The van der Waals surface area contributed by atoms with E-state index in [1.807, 2.05) is 30.5 Å². The van der Waals surface area contributed by atoms with Crippen molar-refractivity contribution in [3.8, 4) is 0 Å². The Hall–Kier alpha value is -1.85. The van der Waals surface area contributed by atoms with Crippen molar-refractivity contribution >= 4 is 16.8 Å². The number of aliphatic hydroxyl groups is 1. The SMILES string of the molecule is N[C@@H](Cc1c[nH]c2ccccc12)C(=O)NCC1CC(O)C1. The second kappa shape index (κ2) is 5.87. The third-order valence-electron chi connectivity index (χ3n) is 4.23. The molecule has 1 heterocycles. The van der Waals surface area contributed by atoms with Gasteiger partial charge in [0, 0.05) is 23.6 Å². The van der Waals surface area contributed by atoms with Crippen molar-refractivity contribution in [3.05, 3.63) is 36.0 Å². The lowest BCUT2D eigenvalue weighted by Crippen LogP contribution is -2.46. The second-order valence-electron chi connectivity index (χ2n) is 5.91. The number of carbonyl (C=O) groups excluding carboxylic acids is 1. The van der Waals surface area contributed by atoms with Crippen LogP contribution in [0.3, 0.4) is 0 Å². The summed E-state index contributed by atoms with van der Waals surface area (Å²) in [5.74, 6) is 0.269. The third kappa shape index (κ3) is 3.09. The van der Waals surface area contributed by atoms with Crippen LogP contribution >= 0.6 is 0 Å². The van der Waals surface area contributed by atoms with Gasteiger partial charge in [-0.05, 0) is 36.8 Å². The van der Waals surface area contributed by atoms with Crippen molar-refractivity contribution in [3.63, 3.8) is 0 Å². The number of fused-ring (bicyclic) bond motifs is 1. The maximum absolute atomic E-state index is 12.0. The number of aromatic amines is 1. The molecular formula is C16H21N3O2. The number of aliphatic hydroxyl groups excluding tert-OH is 1. The molecule has 0 unspecified atom stereocenters. The monoisotopic (exact) mass is 287 g/mol. The summed E-state index contributed by atoms with van der Waals surface area (Å²) in [5, 5.41) is 13.2. The zero-order valence-corrected chi connectivity index (χ0v) is 11.9. The predicted octanol–water partition coefficient (Wildman–Crippen LogP) is 0.925. The predicted molar refractivity (Wildman–Crippen MR) is 81.7 cm³/mol. The van der Waals surface area contributed by atoms with E-state index in [1.54, 1.807) is 0 Å². The van der Waals surface area contributed by atoms with E-state index in [0.29, 0.717) is 18.9 Å². The zero-order valence-electron chi connectivity index (χ0n) is 11.9. The first kappa shape index (κ1) is 14.1. The molecule has 1 fully saturated rings. The van der Waals surface area contributed by atoms with Gasteiger partial charge in [-0.15, -0.1) is 0 Å². The van der Waals surface area contributed by atoms with Crippen molar-refractivity contribution < 1.29 is 9.90 Å². The van der Waals surface area contributed by atoms with Crippen molar-refractivity contribution in [2.24, 2.45) is 11.7 Å². The number of hydrogen-bond acceptors (Lipinski definition) is 3. The summed E-state index contributed by atoms with van der Waals surface area (Å²) in [4.78, 5) is 15.2. The fraction of sp³-hybridized carbons (Fsp3) is 0.438. The molecule has 1 aliphatic rings. The summed E-state index contributed by atoms with van der Waals surface area (Å²) in [6.07, 6.45) is 3.80. The molecule has 1 aromatic heterocycles. The van der Waals surface area contributed by atoms with Crippen molar-refractivity contribution in [1.29, 1.82) is 0 Å². The van der Waals surface area contributed by atoms with Crippen LogP contribution in [0.15, 0.2) is 30.5 Å². The van der Waals surface area contributed by atoms with Gasteiger partial charge in [-0.1, -0.05) is 18.2 Å². The molecule has 1 aliphatic carbocycles. The minimum atomic E-state index is -0.547. The molecule has 5 N–H and O–H groups in total.